The molecule has 106 valence electrons. The van der Waals surface area contributed by atoms with Gasteiger partial charge in [-0.25, -0.2) is 8.42 Å². The van der Waals surface area contributed by atoms with E-state index in [0.29, 0.717) is 30.6 Å². The molecule has 2 rings (SSSR count). The summed E-state index contributed by atoms with van der Waals surface area (Å²) in [5.74, 6) is 0.925. The van der Waals surface area contributed by atoms with Crippen molar-refractivity contribution >= 4 is 27.3 Å². The van der Waals surface area contributed by atoms with Gasteiger partial charge in [0.25, 0.3) is 0 Å². The van der Waals surface area contributed by atoms with Gasteiger partial charge in [-0.3, -0.25) is 0 Å². The molecule has 1 aromatic rings. The third kappa shape index (κ3) is 2.88. The number of rotatable bonds is 2. The molecule has 2 atom stereocenters. The summed E-state index contributed by atoms with van der Waals surface area (Å²) in [6.45, 7) is 5.37. The van der Waals surface area contributed by atoms with Gasteiger partial charge in [-0.15, -0.1) is 0 Å². The zero-order valence-electron chi connectivity index (χ0n) is 11.1. The summed E-state index contributed by atoms with van der Waals surface area (Å²) in [5, 5.41) is 0.277. The standard InChI is InChI=1S/C13H19ClN2O2S/c1-9-5-6-16(8-10(9)2)19(17,18)11-3-4-13(15)12(14)7-11/h3-4,7,9-10H,5-6,8,15H2,1-2H3. The first kappa shape index (κ1) is 14.6. The van der Waals surface area contributed by atoms with Gasteiger partial charge in [-0.2, -0.15) is 4.31 Å². The normalized spacial score (nSPS) is 25.4. The highest BCUT2D eigenvalue weighted by Gasteiger charge is 2.31. The summed E-state index contributed by atoms with van der Waals surface area (Å²) in [7, 11) is -3.46. The molecule has 1 aromatic carbocycles. The quantitative estimate of drug-likeness (QED) is 0.854. The van der Waals surface area contributed by atoms with Crippen LogP contribution in [0.15, 0.2) is 23.1 Å². The van der Waals surface area contributed by atoms with Gasteiger partial charge in [0, 0.05) is 13.1 Å². The van der Waals surface area contributed by atoms with Gasteiger partial charge >= 0.3 is 0 Å². The van der Waals surface area contributed by atoms with E-state index in [4.69, 9.17) is 17.3 Å². The van der Waals surface area contributed by atoms with Crippen molar-refractivity contribution in [3.63, 3.8) is 0 Å². The molecule has 1 saturated heterocycles. The zero-order chi connectivity index (χ0) is 14.2. The number of anilines is 1. The van der Waals surface area contributed by atoms with Crippen LogP contribution in [0.25, 0.3) is 0 Å². The lowest BCUT2D eigenvalue weighted by Crippen LogP contribution is -2.42. The highest BCUT2D eigenvalue weighted by molar-refractivity contribution is 7.89. The number of nitrogen functional groups attached to an aromatic ring is 1. The number of piperidine rings is 1. The minimum Gasteiger partial charge on any atom is -0.398 e. The van der Waals surface area contributed by atoms with E-state index in [1.165, 1.54) is 18.2 Å². The molecule has 0 aliphatic carbocycles. The molecule has 1 fully saturated rings. The van der Waals surface area contributed by atoms with Gasteiger partial charge < -0.3 is 5.73 Å². The molecule has 0 radical (unpaired) electrons. The Morgan fingerprint density at radius 2 is 2.00 bits per heavy atom. The molecule has 19 heavy (non-hydrogen) atoms. The molecule has 0 amide bonds. The molecule has 0 spiro atoms. The third-order valence-electron chi connectivity index (χ3n) is 3.91. The number of nitrogens with two attached hydrogens (primary N) is 1. The van der Waals surface area contributed by atoms with E-state index in [9.17, 15) is 8.42 Å². The Kier molecular flexibility index (Phi) is 4.08. The van der Waals surface area contributed by atoms with Crippen molar-refractivity contribution in [3.8, 4) is 0 Å². The molecule has 6 heteroatoms. The van der Waals surface area contributed by atoms with Gasteiger partial charge in [0.15, 0.2) is 0 Å². The highest BCUT2D eigenvalue weighted by atomic mass is 35.5. The second-order valence-electron chi connectivity index (χ2n) is 5.29. The van der Waals surface area contributed by atoms with E-state index in [2.05, 4.69) is 13.8 Å². The van der Waals surface area contributed by atoms with E-state index in [1.54, 1.807) is 4.31 Å². The minimum atomic E-state index is -3.46. The Labute approximate surface area is 119 Å². The summed E-state index contributed by atoms with van der Waals surface area (Å²) >= 11 is 5.90. The number of halogens is 1. The first-order chi connectivity index (χ1) is 8.82. The fourth-order valence-electron chi connectivity index (χ4n) is 2.26. The molecule has 4 nitrogen and oxygen atoms in total. The zero-order valence-corrected chi connectivity index (χ0v) is 12.7. The molecular weight excluding hydrogens is 284 g/mol. The molecule has 0 aromatic heterocycles. The SMILES string of the molecule is CC1CCN(S(=O)(=O)c2ccc(N)c(Cl)c2)CC1C. The summed E-state index contributed by atoms with van der Waals surface area (Å²) in [5.41, 5.74) is 6.00. The van der Waals surface area contributed by atoms with Crippen molar-refractivity contribution in [3.05, 3.63) is 23.2 Å². The Morgan fingerprint density at radius 1 is 1.32 bits per heavy atom. The van der Waals surface area contributed by atoms with Gasteiger partial charge in [0.1, 0.15) is 0 Å². The van der Waals surface area contributed by atoms with E-state index < -0.39 is 10.0 Å². The predicted octanol–water partition coefficient (Wildman–Crippen LogP) is 2.59. The second-order valence-corrected chi connectivity index (χ2v) is 7.63. The van der Waals surface area contributed by atoms with E-state index in [0.717, 1.165) is 6.42 Å². The average molecular weight is 303 g/mol. The number of nitrogens with zero attached hydrogens (tertiary/aromatic N) is 1. The molecule has 2 unspecified atom stereocenters. The van der Waals surface area contributed by atoms with Crippen LogP contribution in [0.1, 0.15) is 20.3 Å². The maximum Gasteiger partial charge on any atom is 0.243 e. The van der Waals surface area contributed by atoms with Crippen molar-refractivity contribution in [2.75, 3.05) is 18.8 Å². The Balaban J connectivity index is 2.29. The number of benzene rings is 1. The van der Waals surface area contributed by atoms with Crippen LogP contribution >= 0.6 is 11.6 Å². The first-order valence-electron chi connectivity index (χ1n) is 6.37. The minimum absolute atomic E-state index is 0.216. The lowest BCUT2D eigenvalue weighted by atomic mass is 9.90. The fraction of sp³-hybridized carbons (Fsp3) is 0.538. The van der Waals surface area contributed by atoms with Crippen LogP contribution < -0.4 is 5.73 Å². The van der Waals surface area contributed by atoms with Gasteiger partial charge in [-0.1, -0.05) is 25.4 Å². The molecule has 2 N–H and O–H groups in total. The van der Waals surface area contributed by atoms with E-state index >= 15 is 0 Å². The Bertz CT molecular complexity index is 574. The van der Waals surface area contributed by atoms with Crippen LogP contribution in [0, 0.1) is 11.8 Å². The topological polar surface area (TPSA) is 63.4 Å². The van der Waals surface area contributed by atoms with Crippen molar-refractivity contribution in [1.82, 2.24) is 4.31 Å². The third-order valence-corrected chi connectivity index (χ3v) is 6.10. The summed E-state index contributed by atoms with van der Waals surface area (Å²) in [4.78, 5) is 0.216. The molecular formula is C13H19ClN2O2S. The van der Waals surface area contributed by atoms with E-state index in [-0.39, 0.29) is 9.92 Å². The fourth-order valence-corrected chi connectivity index (χ4v) is 4.09. The number of sulfonamides is 1. The van der Waals surface area contributed by atoms with Crippen LogP contribution in [0.5, 0.6) is 0 Å². The molecule has 1 aliphatic heterocycles. The van der Waals surface area contributed by atoms with Crippen molar-refractivity contribution in [2.45, 2.75) is 25.2 Å². The maximum absolute atomic E-state index is 12.5. The lowest BCUT2D eigenvalue weighted by molar-refractivity contribution is 0.212. The van der Waals surface area contributed by atoms with Crippen molar-refractivity contribution < 1.29 is 8.42 Å². The Morgan fingerprint density at radius 3 is 2.58 bits per heavy atom. The largest absolute Gasteiger partial charge is 0.398 e. The monoisotopic (exact) mass is 302 g/mol. The Hall–Kier alpha value is -0.780. The molecule has 0 bridgehead atoms. The van der Waals surface area contributed by atoms with Crippen LogP contribution in [0.2, 0.25) is 5.02 Å². The smallest absolute Gasteiger partial charge is 0.243 e. The van der Waals surface area contributed by atoms with Crippen LogP contribution in [-0.2, 0) is 10.0 Å². The predicted molar refractivity (Wildman–Crippen MR) is 77.6 cm³/mol. The van der Waals surface area contributed by atoms with E-state index in [1.807, 2.05) is 0 Å². The van der Waals surface area contributed by atoms with Gasteiger partial charge in [0.2, 0.25) is 10.0 Å². The second kappa shape index (κ2) is 5.31. The highest BCUT2D eigenvalue weighted by Crippen LogP contribution is 2.29. The van der Waals surface area contributed by atoms with Crippen molar-refractivity contribution in [2.24, 2.45) is 11.8 Å². The summed E-state index contributed by atoms with van der Waals surface area (Å²) in [6, 6.07) is 4.47. The number of hydrogen-bond acceptors (Lipinski definition) is 3. The first-order valence-corrected chi connectivity index (χ1v) is 8.19. The van der Waals surface area contributed by atoms with Crippen molar-refractivity contribution in [1.29, 1.82) is 0 Å². The lowest BCUT2D eigenvalue weighted by Gasteiger charge is -2.34. The maximum atomic E-state index is 12.5. The van der Waals surface area contributed by atoms with Gasteiger partial charge in [0.05, 0.1) is 15.6 Å². The molecule has 1 aliphatic rings. The van der Waals surface area contributed by atoms with Gasteiger partial charge in [-0.05, 0) is 36.5 Å². The van der Waals surface area contributed by atoms with Crippen LogP contribution in [0.4, 0.5) is 5.69 Å². The number of hydrogen-bond donors (Lipinski definition) is 1. The van der Waals surface area contributed by atoms with Crippen LogP contribution in [-0.4, -0.2) is 25.8 Å². The summed E-state index contributed by atoms with van der Waals surface area (Å²) in [6.07, 6.45) is 0.892. The average Bonchev–Trinajstić information content (AvgIpc) is 2.35. The molecule has 1 heterocycles. The summed E-state index contributed by atoms with van der Waals surface area (Å²) < 4.78 is 26.6. The molecule has 0 saturated carbocycles. The van der Waals surface area contributed by atoms with Crippen LogP contribution in [0.3, 0.4) is 0 Å².